The summed E-state index contributed by atoms with van der Waals surface area (Å²) < 4.78 is 0. The van der Waals surface area contributed by atoms with E-state index in [1.165, 1.54) is 0 Å². The number of aliphatic hydroxyl groups is 1. The molecule has 10 heavy (non-hydrogen) atoms. The molecule has 58 valence electrons. The highest BCUT2D eigenvalue weighted by Gasteiger charge is 2.41. The van der Waals surface area contributed by atoms with Crippen LogP contribution in [0.4, 0.5) is 0 Å². The van der Waals surface area contributed by atoms with Gasteiger partial charge in [-0.2, -0.15) is 0 Å². The van der Waals surface area contributed by atoms with Gasteiger partial charge in [0.05, 0.1) is 0 Å². The van der Waals surface area contributed by atoms with Gasteiger partial charge in [0.15, 0.2) is 5.60 Å². The number of carboxylic acid groups (broad SMARTS) is 1. The molecule has 1 fully saturated rings. The predicted octanol–water partition coefficient (Wildman–Crippen LogP) is 0.622. The average Bonchev–Trinajstić information content (AvgIpc) is 2.13. The zero-order valence-electron chi connectivity index (χ0n) is 6.00. The highest BCUT2D eigenvalue weighted by molar-refractivity contribution is 5.77. The van der Waals surface area contributed by atoms with Gasteiger partial charge in [0, 0.05) is 0 Å². The summed E-state index contributed by atoms with van der Waals surface area (Å²) in [6, 6.07) is 0. The lowest BCUT2D eigenvalue weighted by atomic mass is 10.0. The molecule has 1 rings (SSSR count). The van der Waals surface area contributed by atoms with Crippen LogP contribution in [-0.2, 0) is 4.79 Å². The summed E-state index contributed by atoms with van der Waals surface area (Å²) in [7, 11) is 0. The molecule has 3 nitrogen and oxygen atoms in total. The molecular weight excluding hydrogens is 132 g/mol. The second-order valence-electron chi connectivity index (χ2n) is 3.18. The third-order valence-corrected chi connectivity index (χ3v) is 2.13. The topological polar surface area (TPSA) is 57.5 Å². The lowest BCUT2D eigenvalue weighted by Gasteiger charge is -2.15. The highest BCUT2D eigenvalue weighted by Crippen LogP contribution is 2.33. The molecular formula is C7H12O3. The highest BCUT2D eigenvalue weighted by atomic mass is 16.4. The third-order valence-electron chi connectivity index (χ3n) is 2.13. The molecule has 0 bridgehead atoms. The second kappa shape index (κ2) is 2.23. The van der Waals surface area contributed by atoms with Crippen LogP contribution >= 0.6 is 0 Å². The summed E-state index contributed by atoms with van der Waals surface area (Å²) in [5, 5.41) is 17.9. The SMILES string of the molecule is C[C@H]1CCC(O)(C(=O)O)C1. The maximum absolute atomic E-state index is 10.4. The zero-order valence-corrected chi connectivity index (χ0v) is 6.00. The maximum atomic E-state index is 10.4. The summed E-state index contributed by atoms with van der Waals surface area (Å²) in [6.45, 7) is 1.96. The fourth-order valence-corrected chi connectivity index (χ4v) is 1.46. The molecule has 0 aromatic rings. The minimum atomic E-state index is -1.42. The van der Waals surface area contributed by atoms with Crippen molar-refractivity contribution in [1.29, 1.82) is 0 Å². The number of carboxylic acids is 1. The van der Waals surface area contributed by atoms with Gasteiger partial charge in [-0.1, -0.05) is 6.92 Å². The fraction of sp³-hybridized carbons (Fsp3) is 0.857. The van der Waals surface area contributed by atoms with Crippen molar-refractivity contribution in [3.8, 4) is 0 Å². The largest absolute Gasteiger partial charge is 0.479 e. The number of rotatable bonds is 1. The Morgan fingerprint density at radius 1 is 1.70 bits per heavy atom. The molecule has 0 saturated heterocycles. The van der Waals surface area contributed by atoms with E-state index >= 15 is 0 Å². The van der Waals surface area contributed by atoms with Crippen LogP contribution in [0.5, 0.6) is 0 Å². The van der Waals surface area contributed by atoms with Gasteiger partial charge in [-0.3, -0.25) is 0 Å². The van der Waals surface area contributed by atoms with E-state index in [1.54, 1.807) is 0 Å². The molecule has 0 amide bonds. The Morgan fingerprint density at radius 2 is 2.30 bits per heavy atom. The van der Waals surface area contributed by atoms with Crippen LogP contribution in [0.15, 0.2) is 0 Å². The van der Waals surface area contributed by atoms with E-state index in [4.69, 9.17) is 5.11 Å². The molecule has 0 aromatic heterocycles. The predicted molar refractivity (Wildman–Crippen MR) is 35.6 cm³/mol. The summed E-state index contributed by atoms with van der Waals surface area (Å²) in [5.41, 5.74) is -1.42. The maximum Gasteiger partial charge on any atom is 0.335 e. The summed E-state index contributed by atoms with van der Waals surface area (Å²) in [6.07, 6.45) is 1.63. The third kappa shape index (κ3) is 1.14. The Kier molecular flexibility index (Phi) is 1.68. The van der Waals surface area contributed by atoms with E-state index in [0.717, 1.165) is 6.42 Å². The molecule has 3 heteroatoms. The summed E-state index contributed by atoms with van der Waals surface area (Å²) >= 11 is 0. The lowest BCUT2D eigenvalue weighted by molar-refractivity contribution is -0.157. The van der Waals surface area contributed by atoms with Crippen molar-refractivity contribution in [2.24, 2.45) is 5.92 Å². The second-order valence-corrected chi connectivity index (χ2v) is 3.18. The van der Waals surface area contributed by atoms with E-state index in [-0.39, 0.29) is 0 Å². The van der Waals surface area contributed by atoms with Gasteiger partial charge in [0.25, 0.3) is 0 Å². The lowest BCUT2D eigenvalue weighted by Crippen LogP contribution is -2.35. The standard InChI is InChI=1S/C7H12O3/c1-5-2-3-7(10,4-5)6(8)9/h5,10H,2-4H2,1H3,(H,8,9)/t5-,7?/m0/s1. The molecule has 1 aliphatic rings. The smallest absolute Gasteiger partial charge is 0.335 e. The van der Waals surface area contributed by atoms with Gasteiger partial charge >= 0.3 is 5.97 Å². The molecule has 1 unspecified atom stereocenters. The van der Waals surface area contributed by atoms with E-state index in [9.17, 15) is 9.90 Å². The fourth-order valence-electron chi connectivity index (χ4n) is 1.46. The van der Waals surface area contributed by atoms with E-state index in [0.29, 0.717) is 18.8 Å². The van der Waals surface area contributed by atoms with Gasteiger partial charge in [-0.05, 0) is 25.2 Å². The Labute approximate surface area is 59.7 Å². The Morgan fingerprint density at radius 3 is 2.50 bits per heavy atom. The minimum Gasteiger partial charge on any atom is -0.479 e. The van der Waals surface area contributed by atoms with Gasteiger partial charge in [0.2, 0.25) is 0 Å². The first kappa shape index (κ1) is 7.54. The molecule has 0 heterocycles. The van der Waals surface area contributed by atoms with Crippen molar-refractivity contribution < 1.29 is 15.0 Å². The van der Waals surface area contributed by atoms with Crippen molar-refractivity contribution in [2.45, 2.75) is 31.8 Å². The van der Waals surface area contributed by atoms with Crippen molar-refractivity contribution in [3.63, 3.8) is 0 Å². The van der Waals surface area contributed by atoms with Gasteiger partial charge < -0.3 is 10.2 Å². The van der Waals surface area contributed by atoms with Crippen LogP contribution < -0.4 is 0 Å². The Hall–Kier alpha value is -0.570. The molecule has 1 aliphatic carbocycles. The molecule has 0 radical (unpaired) electrons. The molecule has 1 saturated carbocycles. The first-order valence-corrected chi connectivity index (χ1v) is 3.50. The monoisotopic (exact) mass is 144 g/mol. The Balaban J connectivity index is 2.63. The van der Waals surface area contributed by atoms with Crippen molar-refractivity contribution in [2.75, 3.05) is 0 Å². The number of hydrogen-bond donors (Lipinski definition) is 2. The van der Waals surface area contributed by atoms with Crippen LogP contribution in [0.25, 0.3) is 0 Å². The molecule has 0 aromatic carbocycles. The number of hydrogen-bond acceptors (Lipinski definition) is 2. The van der Waals surface area contributed by atoms with Gasteiger partial charge in [-0.15, -0.1) is 0 Å². The normalized spacial score (nSPS) is 40.0. The van der Waals surface area contributed by atoms with Crippen molar-refractivity contribution in [1.82, 2.24) is 0 Å². The minimum absolute atomic E-state index is 0.348. The Bertz CT molecular complexity index is 155. The van der Waals surface area contributed by atoms with Crippen LogP contribution in [0.1, 0.15) is 26.2 Å². The van der Waals surface area contributed by atoms with Crippen LogP contribution in [0.3, 0.4) is 0 Å². The first-order valence-electron chi connectivity index (χ1n) is 3.50. The number of carbonyl (C=O) groups is 1. The van der Waals surface area contributed by atoms with Crippen LogP contribution in [-0.4, -0.2) is 21.8 Å². The molecule has 0 spiro atoms. The van der Waals surface area contributed by atoms with Gasteiger partial charge in [-0.25, -0.2) is 4.79 Å². The summed E-state index contributed by atoms with van der Waals surface area (Å²) in [5.74, 6) is -0.724. The van der Waals surface area contributed by atoms with E-state index in [2.05, 4.69) is 0 Å². The molecule has 2 atom stereocenters. The quantitative estimate of drug-likeness (QED) is 0.567. The van der Waals surface area contributed by atoms with Gasteiger partial charge in [0.1, 0.15) is 0 Å². The van der Waals surface area contributed by atoms with Crippen molar-refractivity contribution >= 4 is 5.97 Å². The molecule has 2 N–H and O–H groups in total. The van der Waals surface area contributed by atoms with Crippen LogP contribution in [0, 0.1) is 5.92 Å². The molecule has 0 aliphatic heterocycles. The zero-order chi connectivity index (χ0) is 7.78. The van der Waals surface area contributed by atoms with E-state index in [1.807, 2.05) is 6.92 Å². The number of aliphatic carboxylic acids is 1. The van der Waals surface area contributed by atoms with Crippen molar-refractivity contribution in [3.05, 3.63) is 0 Å². The first-order chi connectivity index (χ1) is 4.54. The average molecular weight is 144 g/mol. The van der Waals surface area contributed by atoms with E-state index < -0.39 is 11.6 Å². The summed E-state index contributed by atoms with van der Waals surface area (Å²) in [4.78, 5) is 10.4. The van der Waals surface area contributed by atoms with Crippen LogP contribution in [0.2, 0.25) is 0 Å².